The molecule has 2 aromatic carbocycles. The molecule has 0 radical (unpaired) electrons. The number of halogens is 1. The molecule has 1 saturated heterocycles. The van der Waals surface area contributed by atoms with Gasteiger partial charge >= 0.3 is 5.97 Å². The van der Waals surface area contributed by atoms with Gasteiger partial charge in [-0.15, -0.1) is 0 Å². The van der Waals surface area contributed by atoms with Crippen molar-refractivity contribution < 1.29 is 22.7 Å². The first-order chi connectivity index (χ1) is 12.8. The van der Waals surface area contributed by atoms with Crippen LogP contribution in [0.15, 0.2) is 53.4 Å². The lowest BCUT2D eigenvalue weighted by Crippen LogP contribution is -2.20. The average molecular weight is 408 g/mol. The first-order valence-corrected chi connectivity index (χ1v) is 10.4. The van der Waals surface area contributed by atoms with Gasteiger partial charge < -0.3 is 10.1 Å². The molecule has 1 aliphatic rings. The lowest BCUT2D eigenvalue weighted by molar-refractivity contribution is -0.140. The van der Waals surface area contributed by atoms with E-state index >= 15 is 0 Å². The number of anilines is 1. The first-order valence-electron chi connectivity index (χ1n) is 8.38. The summed E-state index contributed by atoms with van der Waals surface area (Å²) in [6.07, 6.45) is 0.526. The van der Waals surface area contributed by atoms with Gasteiger partial charge in [0, 0.05) is 10.7 Å². The molecule has 1 N–H and O–H groups in total. The van der Waals surface area contributed by atoms with E-state index in [1.165, 1.54) is 24.3 Å². The number of carbonyl (C=O) groups is 2. The van der Waals surface area contributed by atoms with Crippen LogP contribution in [0.1, 0.15) is 12.0 Å². The van der Waals surface area contributed by atoms with E-state index in [9.17, 15) is 18.0 Å². The number of rotatable bonds is 6. The Labute approximate surface area is 162 Å². The topological polar surface area (TPSA) is 89.5 Å². The smallest absolute Gasteiger partial charge is 0.310 e. The van der Waals surface area contributed by atoms with Crippen molar-refractivity contribution in [2.24, 2.45) is 5.92 Å². The standard InChI is InChI=1S/C19H18ClNO5S/c20-17-4-2-1-3-13(17)11-18(22)21-15-5-7-16(8-6-15)27(24,25)12-14-9-10-26-19(14)23/h1-8,14H,9-12H2,(H,21,22). The third kappa shape index (κ3) is 4.87. The molecule has 0 aromatic heterocycles. The number of esters is 1. The normalized spacial score (nSPS) is 16.8. The number of nitrogens with one attached hydrogen (secondary N) is 1. The third-order valence-electron chi connectivity index (χ3n) is 4.27. The van der Waals surface area contributed by atoms with Crippen molar-refractivity contribution >= 4 is 39.0 Å². The average Bonchev–Trinajstić information content (AvgIpc) is 3.01. The highest BCUT2D eigenvalue weighted by Gasteiger charge is 2.32. The molecule has 1 aliphatic heterocycles. The number of benzene rings is 2. The van der Waals surface area contributed by atoms with Crippen molar-refractivity contribution in [2.75, 3.05) is 17.7 Å². The molecule has 27 heavy (non-hydrogen) atoms. The largest absolute Gasteiger partial charge is 0.465 e. The summed E-state index contributed by atoms with van der Waals surface area (Å²) >= 11 is 6.04. The summed E-state index contributed by atoms with van der Waals surface area (Å²) in [5, 5.41) is 3.22. The van der Waals surface area contributed by atoms with Crippen LogP contribution < -0.4 is 5.32 Å². The molecular weight excluding hydrogens is 390 g/mol. The Bertz CT molecular complexity index is 956. The SMILES string of the molecule is O=C(Cc1ccccc1Cl)Nc1ccc(S(=O)(=O)CC2CCOC2=O)cc1. The van der Waals surface area contributed by atoms with Gasteiger partial charge in [-0.1, -0.05) is 29.8 Å². The Morgan fingerprint density at radius 3 is 2.48 bits per heavy atom. The van der Waals surface area contributed by atoms with Crippen molar-refractivity contribution in [1.29, 1.82) is 0 Å². The second-order valence-corrected chi connectivity index (χ2v) is 8.72. The third-order valence-corrected chi connectivity index (χ3v) is 6.47. The zero-order chi connectivity index (χ0) is 19.4. The fraction of sp³-hybridized carbons (Fsp3) is 0.263. The molecule has 6 nitrogen and oxygen atoms in total. The minimum atomic E-state index is -3.61. The maximum atomic E-state index is 12.4. The lowest BCUT2D eigenvalue weighted by Gasteiger charge is -2.10. The van der Waals surface area contributed by atoms with Crippen molar-refractivity contribution in [2.45, 2.75) is 17.7 Å². The van der Waals surface area contributed by atoms with Crippen molar-refractivity contribution in [3.05, 3.63) is 59.1 Å². The van der Waals surface area contributed by atoms with Crippen LogP contribution in [0.4, 0.5) is 5.69 Å². The highest BCUT2D eigenvalue weighted by Crippen LogP contribution is 2.22. The quantitative estimate of drug-likeness (QED) is 0.743. The van der Waals surface area contributed by atoms with E-state index in [0.29, 0.717) is 22.7 Å². The van der Waals surface area contributed by atoms with E-state index in [1.54, 1.807) is 24.3 Å². The highest BCUT2D eigenvalue weighted by molar-refractivity contribution is 7.91. The number of carbonyl (C=O) groups excluding carboxylic acids is 2. The molecule has 1 heterocycles. The van der Waals surface area contributed by atoms with Gasteiger partial charge in [0.25, 0.3) is 0 Å². The van der Waals surface area contributed by atoms with Crippen LogP contribution in [0.2, 0.25) is 5.02 Å². The van der Waals surface area contributed by atoms with E-state index in [4.69, 9.17) is 16.3 Å². The Balaban J connectivity index is 1.63. The van der Waals surface area contributed by atoms with Gasteiger partial charge in [0.15, 0.2) is 9.84 Å². The number of cyclic esters (lactones) is 1. The monoisotopic (exact) mass is 407 g/mol. The summed E-state index contributed by atoms with van der Waals surface area (Å²) in [7, 11) is -3.61. The van der Waals surface area contributed by atoms with Gasteiger partial charge in [0.1, 0.15) is 0 Å². The van der Waals surface area contributed by atoms with Gasteiger partial charge in [-0.05, 0) is 42.3 Å². The molecule has 0 spiro atoms. The van der Waals surface area contributed by atoms with E-state index in [1.807, 2.05) is 0 Å². The lowest BCUT2D eigenvalue weighted by atomic mass is 10.1. The van der Waals surface area contributed by atoms with E-state index in [0.717, 1.165) is 0 Å². The number of hydrogen-bond donors (Lipinski definition) is 1. The molecule has 0 saturated carbocycles. The van der Waals surface area contributed by atoms with Crippen molar-refractivity contribution in [3.8, 4) is 0 Å². The van der Waals surface area contributed by atoms with Crippen LogP contribution in [0.25, 0.3) is 0 Å². The van der Waals surface area contributed by atoms with Gasteiger partial charge in [-0.2, -0.15) is 0 Å². The molecule has 0 bridgehead atoms. The number of sulfone groups is 1. The Morgan fingerprint density at radius 1 is 1.15 bits per heavy atom. The molecule has 3 rings (SSSR count). The van der Waals surface area contributed by atoms with Crippen LogP contribution in [0.5, 0.6) is 0 Å². The summed E-state index contributed by atoms with van der Waals surface area (Å²) in [4.78, 5) is 23.7. The van der Waals surface area contributed by atoms with Crippen LogP contribution in [-0.2, 0) is 30.6 Å². The number of amides is 1. The summed E-state index contributed by atoms with van der Waals surface area (Å²) in [6.45, 7) is 0.259. The predicted molar refractivity (Wildman–Crippen MR) is 101 cm³/mol. The molecule has 2 aromatic rings. The van der Waals surface area contributed by atoms with Gasteiger partial charge in [0.2, 0.25) is 5.91 Å². The van der Waals surface area contributed by atoms with Crippen LogP contribution >= 0.6 is 11.6 Å². The van der Waals surface area contributed by atoms with Gasteiger partial charge in [-0.3, -0.25) is 9.59 Å². The van der Waals surface area contributed by atoms with Gasteiger partial charge in [0.05, 0.1) is 29.6 Å². The highest BCUT2D eigenvalue weighted by atomic mass is 35.5. The second-order valence-electron chi connectivity index (χ2n) is 6.28. The molecule has 142 valence electrons. The van der Waals surface area contributed by atoms with Crippen LogP contribution in [-0.4, -0.2) is 32.7 Å². The van der Waals surface area contributed by atoms with E-state index < -0.39 is 21.7 Å². The number of hydrogen-bond acceptors (Lipinski definition) is 5. The fourth-order valence-electron chi connectivity index (χ4n) is 2.82. The second kappa shape index (κ2) is 8.10. The van der Waals surface area contributed by atoms with E-state index in [2.05, 4.69) is 5.32 Å². The van der Waals surface area contributed by atoms with Crippen molar-refractivity contribution in [1.82, 2.24) is 0 Å². The molecule has 0 aliphatic carbocycles. The van der Waals surface area contributed by atoms with Crippen molar-refractivity contribution in [3.63, 3.8) is 0 Å². The molecule has 1 fully saturated rings. The van der Waals surface area contributed by atoms with E-state index in [-0.39, 0.29) is 29.6 Å². The van der Waals surface area contributed by atoms with Crippen LogP contribution in [0.3, 0.4) is 0 Å². The molecule has 1 unspecified atom stereocenters. The van der Waals surface area contributed by atoms with Crippen LogP contribution in [0, 0.1) is 5.92 Å². The Hall–Kier alpha value is -2.38. The molecule has 8 heteroatoms. The molecular formula is C19H18ClNO5S. The number of ether oxygens (including phenoxy) is 1. The maximum absolute atomic E-state index is 12.4. The Kier molecular flexibility index (Phi) is 5.82. The zero-order valence-electron chi connectivity index (χ0n) is 14.4. The molecule has 1 amide bonds. The summed E-state index contributed by atoms with van der Waals surface area (Å²) in [5.41, 5.74) is 1.19. The molecule has 1 atom stereocenters. The fourth-order valence-corrected chi connectivity index (χ4v) is 4.59. The summed E-state index contributed by atoms with van der Waals surface area (Å²) in [5.74, 6) is -1.62. The minimum absolute atomic E-state index is 0.103. The summed E-state index contributed by atoms with van der Waals surface area (Å²) in [6, 6.07) is 12.9. The zero-order valence-corrected chi connectivity index (χ0v) is 15.9. The summed E-state index contributed by atoms with van der Waals surface area (Å²) < 4.78 is 29.7. The first kappa shape index (κ1) is 19.4. The van der Waals surface area contributed by atoms with Gasteiger partial charge in [-0.25, -0.2) is 8.42 Å². The Morgan fingerprint density at radius 2 is 1.85 bits per heavy atom. The minimum Gasteiger partial charge on any atom is -0.465 e. The maximum Gasteiger partial charge on any atom is 0.310 e. The predicted octanol–water partition coefficient (Wildman–Crippen LogP) is 2.86.